The zero-order valence-electron chi connectivity index (χ0n) is 13.2. The van der Waals surface area contributed by atoms with Crippen molar-refractivity contribution in [1.82, 2.24) is 4.90 Å². The van der Waals surface area contributed by atoms with E-state index >= 15 is 0 Å². The number of hydrogen-bond acceptors (Lipinski definition) is 3. The minimum Gasteiger partial charge on any atom is -0.508 e. The molecule has 0 aliphatic heterocycles. The van der Waals surface area contributed by atoms with E-state index in [1.165, 1.54) is 5.56 Å². The summed E-state index contributed by atoms with van der Waals surface area (Å²) in [6.45, 7) is 6.53. The smallest absolute Gasteiger partial charge is 0.115 e. The Morgan fingerprint density at radius 3 is 2.13 bits per heavy atom. The molecule has 4 heteroatoms. The van der Waals surface area contributed by atoms with Gasteiger partial charge in [-0.3, -0.25) is 4.90 Å². The van der Waals surface area contributed by atoms with Gasteiger partial charge in [-0.15, -0.1) is 19.0 Å². The third kappa shape index (κ3) is 6.76. The number of hydrogen-bond donors (Lipinski definition) is 2. The van der Waals surface area contributed by atoms with Gasteiger partial charge < -0.3 is 10.2 Å². The summed E-state index contributed by atoms with van der Waals surface area (Å²) in [5.74, 6) is 0.618. The lowest BCUT2D eigenvalue weighted by Crippen LogP contribution is -2.28. The molecule has 0 atom stereocenters. The van der Waals surface area contributed by atoms with Crippen LogP contribution < -0.4 is 0 Å². The second-order valence-corrected chi connectivity index (χ2v) is 5.43. The van der Waals surface area contributed by atoms with Crippen molar-refractivity contribution in [2.75, 3.05) is 19.6 Å². The van der Waals surface area contributed by atoms with E-state index in [9.17, 15) is 10.2 Å². The number of benzene rings is 2. The highest BCUT2D eigenvalue weighted by Crippen LogP contribution is 2.13. The van der Waals surface area contributed by atoms with Gasteiger partial charge in [0.15, 0.2) is 0 Å². The monoisotopic (exact) mass is 333 g/mol. The van der Waals surface area contributed by atoms with Crippen LogP contribution in [0.3, 0.4) is 0 Å². The molecule has 3 nitrogen and oxygen atoms in total. The largest absolute Gasteiger partial charge is 0.508 e. The van der Waals surface area contributed by atoms with Crippen LogP contribution >= 0.6 is 12.4 Å². The van der Waals surface area contributed by atoms with Crippen molar-refractivity contribution >= 4 is 12.4 Å². The maximum absolute atomic E-state index is 9.51. The molecule has 0 aliphatic carbocycles. The molecule has 0 fully saturated rings. The highest BCUT2D eigenvalue weighted by atomic mass is 35.5. The van der Waals surface area contributed by atoms with E-state index in [0.717, 1.165) is 38.0 Å². The number of rotatable bonds is 8. The molecule has 0 unspecified atom stereocenters. The van der Waals surface area contributed by atoms with Gasteiger partial charge in [0, 0.05) is 19.6 Å². The maximum atomic E-state index is 9.51. The lowest BCUT2D eigenvalue weighted by molar-refractivity contribution is 0.310. The summed E-state index contributed by atoms with van der Waals surface area (Å²) in [6, 6.07) is 14.8. The summed E-state index contributed by atoms with van der Waals surface area (Å²) < 4.78 is 0. The summed E-state index contributed by atoms with van der Waals surface area (Å²) in [5, 5.41) is 18.8. The average Bonchev–Trinajstić information content (AvgIpc) is 2.52. The Kier molecular flexibility index (Phi) is 8.23. The topological polar surface area (TPSA) is 43.7 Å². The molecule has 0 aromatic heterocycles. The first-order valence-electron chi connectivity index (χ1n) is 7.56. The summed E-state index contributed by atoms with van der Waals surface area (Å²) >= 11 is 0. The second kappa shape index (κ2) is 9.93. The molecule has 0 aliphatic rings. The van der Waals surface area contributed by atoms with E-state index in [-0.39, 0.29) is 12.4 Å². The maximum Gasteiger partial charge on any atom is 0.115 e. The molecule has 124 valence electrons. The fraction of sp³-hybridized carbons (Fsp3) is 0.263. The van der Waals surface area contributed by atoms with E-state index in [0.29, 0.717) is 11.5 Å². The second-order valence-electron chi connectivity index (χ2n) is 5.43. The van der Waals surface area contributed by atoms with Gasteiger partial charge in [0.1, 0.15) is 11.5 Å². The van der Waals surface area contributed by atoms with Crippen molar-refractivity contribution in [3.05, 3.63) is 72.3 Å². The van der Waals surface area contributed by atoms with Crippen LogP contribution in [0.15, 0.2) is 61.2 Å². The average molecular weight is 334 g/mol. The summed E-state index contributed by atoms with van der Waals surface area (Å²) in [7, 11) is 0. The predicted octanol–water partition coefficient (Wildman–Crippen LogP) is 3.79. The normalized spacial score (nSPS) is 10.3. The fourth-order valence-electron chi connectivity index (χ4n) is 2.43. The Morgan fingerprint density at radius 2 is 1.52 bits per heavy atom. The van der Waals surface area contributed by atoms with Gasteiger partial charge in [-0.2, -0.15) is 0 Å². The number of aromatic hydroxyl groups is 2. The Labute approximate surface area is 144 Å². The Hall–Kier alpha value is -1.97. The van der Waals surface area contributed by atoms with E-state index in [4.69, 9.17) is 0 Å². The van der Waals surface area contributed by atoms with E-state index in [1.807, 2.05) is 36.4 Å². The molecule has 2 N–H and O–H groups in total. The summed E-state index contributed by atoms with van der Waals surface area (Å²) in [4.78, 5) is 2.34. The van der Waals surface area contributed by atoms with Crippen molar-refractivity contribution < 1.29 is 10.2 Å². The van der Waals surface area contributed by atoms with Gasteiger partial charge in [-0.1, -0.05) is 30.3 Å². The van der Waals surface area contributed by atoms with Crippen LogP contribution in [0.2, 0.25) is 0 Å². The SMILES string of the molecule is C=CCN(CCc1ccc(O)cc1)CCc1cccc(O)c1.Cl. The van der Waals surface area contributed by atoms with E-state index in [1.54, 1.807) is 18.2 Å². The number of phenolic OH excluding ortho intramolecular Hbond substituents is 2. The molecular weight excluding hydrogens is 310 g/mol. The van der Waals surface area contributed by atoms with Crippen molar-refractivity contribution in [2.45, 2.75) is 12.8 Å². The molecule has 2 rings (SSSR count). The molecular formula is C19H24ClNO2. The van der Waals surface area contributed by atoms with Gasteiger partial charge in [0.2, 0.25) is 0 Å². The molecule has 0 amide bonds. The third-order valence-corrected chi connectivity index (χ3v) is 3.67. The Morgan fingerprint density at radius 1 is 0.870 bits per heavy atom. The highest BCUT2D eigenvalue weighted by molar-refractivity contribution is 5.85. The van der Waals surface area contributed by atoms with Crippen molar-refractivity contribution in [1.29, 1.82) is 0 Å². The number of halogens is 1. The van der Waals surface area contributed by atoms with Crippen LogP contribution in [0.4, 0.5) is 0 Å². The molecule has 0 saturated carbocycles. The van der Waals surface area contributed by atoms with Gasteiger partial charge >= 0.3 is 0 Å². The Balaban J connectivity index is 0.00000264. The van der Waals surface area contributed by atoms with Crippen molar-refractivity contribution in [3.63, 3.8) is 0 Å². The first-order valence-corrected chi connectivity index (χ1v) is 7.56. The minimum absolute atomic E-state index is 0. The highest BCUT2D eigenvalue weighted by Gasteiger charge is 2.05. The summed E-state index contributed by atoms with van der Waals surface area (Å²) in [5.41, 5.74) is 2.35. The van der Waals surface area contributed by atoms with Crippen LogP contribution in [0.5, 0.6) is 11.5 Å². The molecule has 23 heavy (non-hydrogen) atoms. The molecule has 0 bridgehead atoms. The van der Waals surface area contributed by atoms with Crippen molar-refractivity contribution in [2.24, 2.45) is 0 Å². The molecule has 0 spiro atoms. The quantitative estimate of drug-likeness (QED) is 0.722. The Bertz CT molecular complexity index is 599. The zero-order valence-corrected chi connectivity index (χ0v) is 14.0. The number of phenols is 2. The third-order valence-electron chi connectivity index (χ3n) is 3.67. The first-order chi connectivity index (χ1) is 10.7. The zero-order chi connectivity index (χ0) is 15.8. The molecule has 2 aromatic rings. The van der Waals surface area contributed by atoms with Gasteiger partial charge in [-0.25, -0.2) is 0 Å². The number of nitrogens with zero attached hydrogens (tertiary/aromatic N) is 1. The lowest BCUT2D eigenvalue weighted by Gasteiger charge is -2.20. The van der Waals surface area contributed by atoms with E-state index in [2.05, 4.69) is 11.5 Å². The molecule has 0 radical (unpaired) electrons. The van der Waals surface area contributed by atoms with Gasteiger partial charge in [-0.05, 0) is 48.2 Å². The van der Waals surface area contributed by atoms with Crippen LogP contribution in [0.1, 0.15) is 11.1 Å². The summed E-state index contributed by atoms with van der Waals surface area (Å²) in [6.07, 6.45) is 3.76. The standard InChI is InChI=1S/C19H23NO2.ClH/c1-2-12-20(13-10-16-6-8-18(21)9-7-16)14-11-17-4-3-5-19(22)15-17;/h2-9,15,21-22H,1,10-14H2;1H. The van der Waals surface area contributed by atoms with E-state index < -0.39 is 0 Å². The van der Waals surface area contributed by atoms with Crippen molar-refractivity contribution in [3.8, 4) is 11.5 Å². The van der Waals surface area contributed by atoms with Crippen LogP contribution in [-0.4, -0.2) is 34.7 Å². The van der Waals surface area contributed by atoms with Gasteiger partial charge in [0.25, 0.3) is 0 Å². The minimum atomic E-state index is 0. The molecule has 0 heterocycles. The van der Waals surface area contributed by atoms with Gasteiger partial charge in [0.05, 0.1) is 0 Å². The molecule has 2 aromatic carbocycles. The predicted molar refractivity (Wildman–Crippen MR) is 97.5 cm³/mol. The first kappa shape index (κ1) is 19.1. The molecule has 0 saturated heterocycles. The van der Waals surface area contributed by atoms with Crippen LogP contribution in [-0.2, 0) is 12.8 Å². The fourth-order valence-corrected chi connectivity index (χ4v) is 2.43. The lowest BCUT2D eigenvalue weighted by atomic mass is 10.1. The van der Waals surface area contributed by atoms with Crippen LogP contribution in [0, 0.1) is 0 Å². The van der Waals surface area contributed by atoms with Crippen LogP contribution in [0.25, 0.3) is 0 Å².